The van der Waals surface area contributed by atoms with Gasteiger partial charge in [0, 0.05) is 24.7 Å². The van der Waals surface area contributed by atoms with Gasteiger partial charge in [0.1, 0.15) is 30.2 Å². The average molecular weight is 694 g/mol. The van der Waals surface area contributed by atoms with Crippen molar-refractivity contribution in [3.05, 3.63) is 18.2 Å². The second-order valence-electron chi connectivity index (χ2n) is 13.0. The Hall–Kier alpha value is -4.58. The van der Waals surface area contributed by atoms with Crippen LogP contribution in [-0.2, 0) is 40.0 Å². The summed E-state index contributed by atoms with van der Waals surface area (Å²) in [6, 6.07) is -7.03. The normalized spacial score (nSPS) is 18.0. The lowest BCUT2D eigenvalue weighted by molar-refractivity contribution is -0.143. The Kier molecular flexibility index (Phi) is 16.1. The minimum atomic E-state index is -1.54. The van der Waals surface area contributed by atoms with E-state index in [0.29, 0.717) is 18.7 Å². The maximum atomic E-state index is 13.5. The molecular formula is C31H51N9O9. The van der Waals surface area contributed by atoms with Crippen LogP contribution in [0.25, 0.3) is 0 Å². The molecule has 0 saturated carbocycles. The van der Waals surface area contributed by atoms with Crippen molar-refractivity contribution < 1.29 is 43.8 Å². The first kappa shape index (κ1) is 40.6. The highest BCUT2D eigenvalue weighted by Crippen LogP contribution is 2.11. The van der Waals surface area contributed by atoms with Crippen LogP contribution in [0.5, 0.6) is 0 Å². The van der Waals surface area contributed by atoms with E-state index in [2.05, 4.69) is 41.9 Å². The first-order valence-electron chi connectivity index (χ1n) is 16.4. The van der Waals surface area contributed by atoms with Crippen LogP contribution in [0, 0.1) is 11.8 Å². The van der Waals surface area contributed by atoms with Gasteiger partial charge in [0.15, 0.2) is 0 Å². The van der Waals surface area contributed by atoms with E-state index in [0.717, 1.165) is 6.42 Å². The van der Waals surface area contributed by atoms with Crippen LogP contribution < -0.4 is 37.6 Å². The molecule has 1 aromatic rings. The predicted molar refractivity (Wildman–Crippen MR) is 175 cm³/mol. The van der Waals surface area contributed by atoms with Gasteiger partial charge < -0.3 is 52.8 Å². The number of primary amides is 1. The smallest absolute Gasteiger partial charge is 0.326 e. The minimum absolute atomic E-state index is 0.0139. The number of aromatic amines is 1. The van der Waals surface area contributed by atoms with Crippen molar-refractivity contribution in [2.45, 2.75) is 115 Å². The van der Waals surface area contributed by atoms with E-state index in [1.165, 1.54) is 19.4 Å². The summed E-state index contributed by atoms with van der Waals surface area (Å²) in [5, 5.41) is 35.7. The summed E-state index contributed by atoms with van der Waals surface area (Å²) in [5.41, 5.74) is 5.66. The molecule has 18 heteroatoms. The number of aliphatic hydroxyl groups excluding tert-OH is 1. The van der Waals surface area contributed by atoms with Crippen molar-refractivity contribution >= 4 is 41.4 Å². The lowest BCUT2D eigenvalue weighted by Crippen LogP contribution is -2.62. The Morgan fingerprint density at radius 1 is 0.878 bits per heavy atom. The van der Waals surface area contributed by atoms with Crippen molar-refractivity contribution in [2.24, 2.45) is 17.6 Å². The Labute approximate surface area is 284 Å². The molecule has 0 radical (unpaired) electrons. The van der Waals surface area contributed by atoms with E-state index in [4.69, 9.17) is 5.73 Å². The van der Waals surface area contributed by atoms with Gasteiger partial charge in [-0.15, -0.1) is 0 Å². The third-order valence-electron chi connectivity index (χ3n) is 7.93. The van der Waals surface area contributed by atoms with Crippen LogP contribution in [0.4, 0.5) is 0 Å². The number of nitrogens with one attached hydrogen (secondary N) is 7. The standard InChI is InChI=1S/C31H51N9O9/c1-15(2)11-21(27(44)36-20(31(48)49)8-9-23(32)42)38-29(46)24(16(3)4)39-30(47)25(17(5)41)40-28(45)22(12-18-13-33-14-35-18)37-26(43)19-7-6-10-34-19/h13-17,19-22,24-25,34,41H,6-12H2,1-5H3,(H2,32,42)(H,33,35)(H,36,44)(H,37,43)(H,38,46)(H,39,47)(H,40,45)(H,48,49)/t17-,19+,20+,21+,22+,24+,25+/m1/s1. The predicted octanol–water partition coefficient (Wildman–Crippen LogP) is -2.44. The third-order valence-corrected chi connectivity index (χ3v) is 7.93. The number of carboxylic acids is 1. The van der Waals surface area contributed by atoms with Gasteiger partial charge in [-0.25, -0.2) is 9.78 Å². The number of carbonyl (C=O) groups excluding carboxylic acids is 6. The number of nitrogens with two attached hydrogens (primary N) is 1. The molecule has 0 aromatic carbocycles. The number of aliphatic carboxylic acids is 1. The Balaban J connectivity index is 2.19. The lowest BCUT2D eigenvalue weighted by atomic mass is 9.99. The average Bonchev–Trinajstić information content (AvgIpc) is 3.74. The number of hydrogen-bond acceptors (Lipinski definition) is 10. The summed E-state index contributed by atoms with van der Waals surface area (Å²) in [7, 11) is 0. The van der Waals surface area contributed by atoms with E-state index in [-0.39, 0.29) is 31.6 Å². The van der Waals surface area contributed by atoms with Crippen LogP contribution >= 0.6 is 0 Å². The summed E-state index contributed by atoms with van der Waals surface area (Å²) in [6.45, 7) is 8.79. The number of imidazole rings is 1. The number of carbonyl (C=O) groups is 7. The molecule has 0 bridgehead atoms. The van der Waals surface area contributed by atoms with Gasteiger partial charge in [-0.3, -0.25) is 28.8 Å². The van der Waals surface area contributed by atoms with Crippen LogP contribution in [0.2, 0.25) is 0 Å². The van der Waals surface area contributed by atoms with Gasteiger partial charge in [-0.1, -0.05) is 27.7 Å². The minimum Gasteiger partial charge on any atom is -0.480 e. The monoisotopic (exact) mass is 693 g/mol. The molecule has 1 fully saturated rings. The summed E-state index contributed by atoms with van der Waals surface area (Å²) in [4.78, 5) is 96.1. The molecular weight excluding hydrogens is 642 g/mol. The molecule has 49 heavy (non-hydrogen) atoms. The highest BCUT2D eigenvalue weighted by atomic mass is 16.4. The fraction of sp³-hybridized carbons (Fsp3) is 0.677. The zero-order valence-electron chi connectivity index (χ0n) is 28.6. The third kappa shape index (κ3) is 13.5. The number of rotatable bonds is 20. The first-order chi connectivity index (χ1) is 23.0. The van der Waals surface area contributed by atoms with E-state index >= 15 is 0 Å². The fourth-order valence-corrected chi connectivity index (χ4v) is 5.22. The van der Waals surface area contributed by atoms with Crippen LogP contribution in [0.15, 0.2) is 12.5 Å². The fourth-order valence-electron chi connectivity index (χ4n) is 5.22. The number of nitrogens with zero attached hydrogens (tertiary/aromatic N) is 1. The lowest BCUT2D eigenvalue weighted by Gasteiger charge is -2.29. The maximum absolute atomic E-state index is 13.5. The van der Waals surface area contributed by atoms with Crippen LogP contribution in [0.1, 0.15) is 72.4 Å². The van der Waals surface area contributed by atoms with Gasteiger partial charge in [0.05, 0.1) is 18.5 Å². The molecule has 0 spiro atoms. The van der Waals surface area contributed by atoms with E-state index in [9.17, 15) is 43.8 Å². The molecule has 1 aliphatic heterocycles. The summed E-state index contributed by atoms with van der Waals surface area (Å²) < 4.78 is 0. The van der Waals surface area contributed by atoms with E-state index < -0.39 is 89.7 Å². The summed E-state index contributed by atoms with van der Waals surface area (Å²) >= 11 is 0. The number of H-pyrrole nitrogens is 1. The quantitative estimate of drug-likeness (QED) is 0.0685. The van der Waals surface area contributed by atoms with Gasteiger partial charge in [0.2, 0.25) is 35.4 Å². The number of aliphatic hydroxyl groups is 1. The Morgan fingerprint density at radius 2 is 1.49 bits per heavy atom. The van der Waals surface area contributed by atoms with Crippen molar-refractivity contribution in [3.8, 4) is 0 Å². The van der Waals surface area contributed by atoms with E-state index in [1.807, 2.05) is 0 Å². The number of carboxylic acid groups (broad SMARTS) is 1. The molecule has 1 aromatic heterocycles. The van der Waals surface area contributed by atoms with Crippen LogP contribution in [0.3, 0.4) is 0 Å². The molecule has 0 unspecified atom stereocenters. The molecule has 1 saturated heterocycles. The van der Waals surface area contributed by atoms with Gasteiger partial charge in [0.25, 0.3) is 0 Å². The summed E-state index contributed by atoms with van der Waals surface area (Å²) in [6.07, 6.45) is 2.47. The zero-order valence-corrected chi connectivity index (χ0v) is 28.6. The molecule has 1 aliphatic rings. The number of aromatic nitrogens is 2. The van der Waals surface area contributed by atoms with E-state index in [1.54, 1.807) is 27.7 Å². The molecule has 274 valence electrons. The van der Waals surface area contributed by atoms with Crippen LogP contribution in [-0.4, -0.2) is 110 Å². The molecule has 18 nitrogen and oxygen atoms in total. The number of amides is 6. The second kappa shape index (κ2) is 19.4. The molecule has 6 amide bonds. The first-order valence-corrected chi connectivity index (χ1v) is 16.4. The molecule has 2 heterocycles. The van der Waals surface area contributed by atoms with Gasteiger partial charge in [-0.2, -0.15) is 0 Å². The Bertz CT molecular complexity index is 1300. The Morgan fingerprint density at radius 3 is 2.00 bits per heavy atom. The largest absolute Gasteiger partial charge is 0.480 e. The second-order valence-corrected chi connectivity index (χ2v) is 13.0. The summed E-state index contributed by atoms with van der Waals surface area (Å²) in [5.74, 6) is -6.41. The molecule has 2 rings (SSSR count). The maximum Gasteiger partial charge on any atom is 0.326 e. The topological polar surface area (TPSA) is 287 Å². The van der Waals surface area contributed by atoms with Crippen molar-refractivity contribution in [2.75, 3.05) is 6.54 Å². The van der Waals surface area contributed by atoms with Gasteiger partial charge in [-0.05, 0) is 51.0 Å². The molecule has 0 aliphatic carbocycles. The highest BCUT2D eigenvalue weighted by molar-refractivity contribution is 5.96. The molecule has 11 N–H and O–H groups in total. The van der Waals surface area contributed by atoms with Crippen molar-refractivity contribution in [3.63, 3.8) is 0 Å². The molecule has 7 atom stereocenters. The SMILES string of the molecule is CC(C)C[C@H](NC(=O)[C@@H](NC(=O)[C@@H](NC(=O)[C@H](Cc1cnc[nH]1)NC(=O)[C@@H]1CCCN1)[C@@H](C)O)C(C)C)C(=O)N[C@@H](CCC(N)=O)C(=O)O. The van der Waals surface area contributed by atoms with Crippen molar-refractivity contribution in [1.82, 2.24) is 41.9 Å². The van der Waals surface area contributed by atoms with Gasteiger partial charge >= 0.3 is 5.97 Å². The number of hydrogen-bond donors (Lipinski definition) is 10. The zero-order chi connectivity index (χ0) is 36.8. The van der Waals surface area contributed by atoms with Crippen molar-refractivity contribution in [1.29, 1.82) is 0 Å². The highest BCUT2D eigenvalue weighted by Gasteiger charge is 2.36.